The van der Waals surface area contributed by atoms with Crippen molar-refractivity contribution in [2.75, 3.05) is 11.4 Å². The zero-order chi connectivity index (χ0) is 10.8. The van der Waals surface area contributed by atoms with Crippen LogP contribution in [0.3, 0.4) is 0 Å². The van der Waals surface area contributed by atoms with Gasteiger partial charge in [0.25, 0.3) is 0 Å². The van der Waals surface area contributed by atoms with Crippen molar-refractivity contribution in [3.63, 3.8) is 0 Å². The van der Waals surface area contributed by atoms with Gasteiger partial charge in [-0.05, 0) is 19.1 Å². The molecule has 0 bridgehead atoms. The van der Waals surface area contributed by atoms with Crippen molar-refractivity contribution in [1.82, 2.24) is 0 Å². The lowest BCUT2D eigenvalue weighted by Crippen LogP contribution is -2.31. The lowest BCUT2D eigenvalue weighted by atomic mass is 10.3. The number of hydrogen-bond donors (Lipinski definition) is 0. The van der Waals surface area contributed by atoms with Gasteiger partial charge in [-0.1, -0.05) is 23.9 Å². The summed E-state index contributed by atoms with van der Waals surface area (Å²) in [6, 6.07) is 7.78. The zero-order valence-electron chi connectivity index (χ0n) is 8.08. The Balaban J connectivity index is 2.24. The third kappa shape index (κ3) is 2.17. The van der Waals surface area contributed by atoms with Crippen molar-refractivity contribution < 1.29 is 12.9 Å². The molecule has 15 heavy (non-hydrogen) atoms. The molecule has 4 nitrogen and oxygen atoms in total. The molecule has 0 saturated carbocycles. The maximum atomic E-state index is 10.5. The number of benzene rings is 1. The van der Waals surface area contributed by atoms with Crippen LogP contribution in [0.25, 0.3) is 0 Å². The Hall–Kier alpha value is -0.560. The van der Waals surface area contributed by atoms with Crippen LogP contribution >= 0.6 is 11.8 Å². The Kier molecular flexibility index (Phi) is 3.30. The molecule has 0 aromatic heterocycles. The number of hydrogen-bond acceptors (Lipinski definition) is 5. The van der Waals surface area contributed by atoms with Gasteiger partial charge in [0.1, 0.15) is 0 Å². The molecule has 0 spiro atoms. The van der Waals surface area contributed by atoms with E-state index in [4.69, 9.17) is 4.18 Å². The monoisotopic (exact) mass is 244 g/mol. The van der Waals surface area contributed by atoms with Gasteiger partial charge in [0, 0.05) is 11.4 Å². The molecule has 6 heteroatoms. The third-order valence-corrected chi connectivity index (χ3v) is 3.77. The Morgan fingerprint density at radius 3 is 3.00 bits per heavy atom. The molecule has 0 saturated heterocycles. The van der Waals surface area contributed by atoms with Crippen LogP contribution in [0.15, 0.2) is 29.2 Å². The molecule has 2 rings (SSSR count). The molecule has 0 aliphatic carbocycles. The fraction of sp³-hybridized carbons (Fsp3) is 0.333. The van der Waals surface area contributed by atoms with E-state index in [1.807, 2.05) is 36.1 Å². The Bertz CT molecular complexity index is 385. The summed E-state index contributed by atoms with van der Waals surface area (Å²) < 4.78 is 25.8. The predicted octanol–water partition coefficient (Wildman–Crippen LogP) is 1.71. The molecule has 0 amide bonds. The van der Waals surface area contributed by atoms with Crippen molar-refractivity contribution in [3.05, 3.63) is 24.3 Å². The van der Waals surface area contributed by atoms with Crippen LogP contribution in [0.1, 0.15) is 6.92 Å². The van der Waals surface area contributed by atoms with Gasteiger partial charge < -0.3 is 9.45 Å². The summed E-state index contributed by atoms with van der Waals surface area (Å²) in [5.74, 6) is 0. The predicted molar refractivity (Wildman–Crippen MR) is 59.1 cm³/mol. The zero-order valence-corrected chi connectivity index (χ0v) is 9.72. The molecule has 1 aliphatic rings. The summed E-state index contributed by atoms with van der Waals surface area (Å²) in [5.41, 5.74) is 0.561. The smallest absolute Gasteiger partial charge is 0.197 e. The van der Waals surface area contributed by atoms with Crippen molar-refractivity contribution in [3.8, 4) is 0 Å². The molecule has 0 N–H and O–H groups in total. The molecular formula is C9H10NO3S2-. The van der Waals surface area contributed by atoms with Gasteiger partial charge in [0.15, 0.2) is 5.56 Å². The highest BCUT2D eigenvalue weighted by Crippen LogP contribution is 2.43. The van der Waals surface area contributed by atoms with E-state index in [9.17, 15) is 8.76 Å². The molecular weight excluding hydrogens is 234 g/mol. The van der Waals surface area contributed by atoms with E-state index in [1.54, 1.807) is 0 Å². The van der Waals surface area contributed by atoms with Crippen LogP contribution in [-0.4, -0.2) is 20.9 Å². The van der Waals surface area contributed by atoms with Gasteiger partial charge in [0.05, 0.1) is 17.0 Å². The third-order valence-electron chi connectivity index (χ3n) is 2.16. The average Bonchev–Trinajstić information content (AvgIpc) is 2.53. The lowest BCUT2D eigenvalue weighted by molar-refractivity contribution is 0.274. The van der Waals surface area contributed by atoms with Crippen molar-refractivity contribution in [1.29, 1.82) is 0 Å². The Morgan fingerprint density at radius 1 is 1.60 bits per heavy atom. The van der Waals surface area contributed by atoms with Gasteiger partial charge in [-0.2, -0.15) is 0 Å². The quantitative estimate of drug-likeness (QED) is 0.758. The van der Waals surface area contributed by atoms with Crippen molar-refractivity contribution in [2.24, 2.45) is 0 Å². The second-order valence-electron chi connectivity index (χ2n) is 2.98. The molecule has 0 fully saturated rings. The second kappa shape index (κ2) is 4.52. The minimum atomic E-state index is -2.48. The minimum absolute atomic E-state index is 0.467. The molecule has 1 aromatic rings. The maximum absolute atomic E-state index is 10.5. The first-order chi connectivity index (χ1) is 7.22. The highest BCUT2D eigenvalue weighted by Gasteiger charge is 2.29. The summed E-state index contributed by atoms with van der Waals surface area (Å²) in [6.45, 7) is 2.68. The van der Waals surface area contributed by atoms with Gasteiger partial charge in [-0.3, -0.25) is 4.18 Å². The highest BCUT2D eigenvalue weighted by molar-refractivity contribution is 8.00. The van der Waals surface area contributed by atoms with Crippen LogP contribution in [0.2, 0.25) is 0 Å². The normalized spacial score (nSPS) is 21.5. The van der Waals surface area contributed by atoms with Gasteiger partial charge >= 0.3 is 0 Å². The number of thioether (sulfide) groups is 1. The van der Waals surface area contributed by atoms with E-state index in [-0.39, 0.29) is 0 Å². The topological polar surface area (TPSA) is 52.6 Å². The molecule has 1 aliphatic heterocycles. The first kappa shape index (κ1) is 10.9. The highest BCUT2D eigenvalue weighted by atomic mass is 32.2. The summed E-state index contributed by atoms with van der Waals surface area (Å²) in [7, 11) is 0. The Labute approximate surface area is 95.1 Å². The van der Waals surface area contributed by atoms with Crippen LogP contribution in [0.4, 0.5) is 5.69 Å². The standard InChI is InChI=1S/C9H11NO3S2/c1-2-10-7-5-3-4-6-8(7)14-9(10)13-15(11)12/h3-6,9H,2H2,1H3,(H,11,12)/p-1. The van der Waals surface area contributed by atoms with E-state index in [0.717, 1.165) is 10.6 Å². The van der Waals surface area contributed by atoms with Gasteiger partial charge in [0.2, 0.25) is 0 Å². The summed E-state index contributed by atoms with van der Waals surface area (Å²) >= 11 is -1.07. The average molecular weight is 244 g/mol. The molecule has 82 valence electrons. The van der Waals surface area contributed by atoms with Crippen LogP contribution in [0, 0.1) is 0 Å². The van der Waals surface area contributed by atoms with Crippen molar-refractivity contribution >= 4 is 28.8 Å². The van der Waals surface area contributed by atoms with Crippen LogP contribution in [-0.2, 0) is 15.5 Å². The van der Waals surface area contributed by atoms with E-state index in [2.05, 4.69) is 0 Å². The minimum Gasteiger partial charge on any atom is -0.750 e. The number of anilines is 1. The van der Waals surface area contributed by atoms with Crippen molar-refractivity contribution in [2.45, 2.75) is 17.4 Å². The van der Waals surface area contributed by atoms with Gasteiger partial charge in [-0.25, -0.2) is 4.21 Å². The van der Waals surface area contributed by atoms with E-state index >= 15 is 0 Å². The number of fused-ring (bicyclic) bond motifs is 1. The number of para-hydroxylation sites is 1. The first-order valence-corrected chi connectivity index (χ1v) is 6.39. The van der Waals surface area contributed by atoms with E-state index < -0.39 is 16.9 Å². The fourth-order valence-corrected chi connectivity index (χ4v) is 3.20. The summed E-state index contributed by atoms with van der Waals surface area (Å²) in [6.07, 6.45) is 0. The molecule has 0 radical (unpaired) electrons. The van der Waals surface area contributed by atoms with Crippen LogP contribution in [0.5, 0.6) is 0 Å². The first-order valence-electron chi connectivity index (χ1n) is 4.51. The lowest BCUT2D eigenvalue weighted by Gasteiger charge is -2.24. The second-order valence-corrected chi connectivity index (χ2v) is 4.66. The van der Waals surface area contributed by atoms with Gasteiger partial charge in [-0.15, -0.1) is 0 Å². The molecule has 2 unspecified atom stereocenters. The SMILES string of the molecule is CCN1c2ccccc2SC1OS(=O)[O-]. The van der Waals surface area contributed by atoms with Crippen LogP contribution < -0.4 is 4.90 Å². The van der Waals surface area contributed by atoms with E-state index in [0.29, 0.717) is 6.54 Å². The van der Waals surface area contributed by atoms with E-state index in [1.165, 1.54) is 11.8 Å². The summed E-state index contributed by atoms with van der Waals surface area (Å²) in [4.78, 5) is 2.96. The summed E-state index contributed by atoms with van der Waals surface area (Å²) in [5, 5.41) is 0. The molecule has 1 aromatic carbocycles. The number of rotatable bonds is 3. The Morgan fingerprint density at radius 2 is 2.33 bits per heavy atom. The maximum Gasteiger partial charge on any atom is 0.197 e. The largest absolute Gasteiger partial charge is 0.750 e. The molecule has 1 heterocycles. The molecule has 2 atom stereocenters. The number of nitrogens with zero attached hydrogens (tertiary/aromatic N) is 1. The fourth-order valence-electron chi connectivity index (χ4n) is 1.54.